The maximum Gasteiger partial charge on any atom is 0.307 e. The van der Waals surface area contributed by atoms with Crippen LogP contribution in [0.2, 0.25) is 0 Å². The van der Waals surface area contributed by atoms with E-state index in [4.69, 9.17) is 4.74 Å². The zero-order valence-electron chi connectivity index (χ0n) is 12.1. The van der Waals surface area contributed by atoms with Crippen LogP contribution in [-0.2, 0) is 20.9 Å². The topological polar surface area (TPSA) is 93.5 Å². The third-order valence-electron chi connectivity index (χ3n) is 3.85. The Balaban J connectivity index is 1.96. The summed E-state index contributed by atoms with van der Waals surface area (Å²) in [6.07, 6.45) is 6.24. The Kier molecular flexibility index (Phi) is 5.32. The minimum absolute atomic E-state index is 0.228. The molecule has 2 unspecified atom stereocenters. The highest BCUT2D eigenvalue weighted by Crippen LogP contribution is 2.31. The molecular formula is C14H21N3O4. The lowest BCUT2D eigenvalue weighted by Gasteiger charge is -2.27. The second-order valence-electron chi connectivity index (χ2n) is 5.31. The van der Waals surface area contributed by atoms with Crippen LogP contribution in [-0.4, -0.2) is 40.5 Å². The molecule has 2 atom stereocenters. The van der Waals surface area contributed by atoms with E-state index in [9.17, 15) is 14.7 Å². The van der Waals surface area contributed by atoms with Gasteiger partial charge in [0.15, 0.2) is 0 Å². The molecule has 1 aliphatic carbocycles. The molecular weight excluding hydrogens is 274 g/mol. The quantitative estimate of drug-likeness (QED) is 0.826. The molecule has 1 saturated carbocycles. The predicted molar refractivity (Wildman–Crippen MR) is 75.8 cm³/mol. The number of aromatic nitrogens is 2. The molecule has 0 saturated heterocycles. The van der Waals surface area contributed by atoms with E-state index in [0.29, 0.717) is 31.7 Å². The van der Waals surface area contributed by atoms with Gasteiger partial charge in [0.2, 0.25) is 5.91 Å². The maximum atomic E-state index is 12.3. The van der Waals surface area contributed by atoms with Crippen LogP contribution >= 0.6 is 0 Å². The Bertz CT molecular complexity index is 500. The summed E-state index contributed by atoms with van der Waals surface area (Å²) in [5.74, 6) is -2.15. The lowest BCUT2D eigenvalue weighted by molar-refractivity contribution is -0.147. The Labute approximate surface area is 123 Å². The first kappa shape index (κ1) is 15.5. The van der Waals surface area contributed by atoms with Gasteiger partial charge in [-0.2, -0.15) is 5.10 Å². The van der Waals surface area contributed by atoms with E-state index >= 15 is 0 Å². The minimum atomic E-state index is -0.884. The number of hydrogen-bond donors (Lipinski definition) is 2. The summed E-state index contributed by atoms with van der Waals surface area (Å²) in [5, 5.41) is 16.1. The molecule has 1 aliphatic rings. The van der Waals surface area contributed by atoms with Crippen molar-refractivity contribution in [3.05, 3.63) is 12.4 Å². The lowest BCUT2D eigenvalue weighted by Crippen LogP contribution is -2.35. The second kappa shape index (κ2) is 7.21. The molecule has 2 N–H and O–H groups in total. The Morgan fingerprint density at radius 2 is 2.14 bits per heavy atom. The molecule has 0 aromatic carbocycles. The van der Waals surface area contributed by atoms with E-state index in [1.807, 2.05) is 0 Å². The van der Waals surface area contributed by atoms with Crippen molar-refractivity contribution >= 4 is 17.6 Å². The van der Waals surface area contributed by atoms with Crippen molar-refractivity contribution in [2.24, 2.45) is 11.8 Å². The molecule has 7 heteroatoms. The van der Waals surface area contributed by atoms with Crippen LogP contribution in [0.3, 0.4) is 0 Å². The molecule has 1 heterocycles. The van der Waals surface area contributed by atoms with E-state index in [0.717, 1.165) is 12.8 Å². The average Bonchev–Trinajstić information content (AvgIpc) is 2.92. The molecule has 1 aromatic rings. The van der Waals surface area contributed by atoms with Gasteiger partial charge in [0.1, 0.15) is 0 Å². The van der Waals surface area contributed by atoms with Crippen molar-refractivity contribution in [1.29, 1.82) is 0 Å². The number of rotatable bonds is 6. The van der Waals surface area contributed by atoms with E-state index < -0.39 is 17.8 Å². The summed E-state index contributed by atoms with van der Waals surface area (Å²) >= 11 is 0. The molecule has 7 nitrogen and oxygen atoms in total. The SMILES string of the molecule is COCCn1cc(NC(=O)C2CCCCC2C(=O)O)cn1. The number of carboxylic acid groups (broad SMARTS) is 1. The minimum Gasteiger partial charge on any atom is -0.481 e. The van der Waals surface area contributed by atoms with Gasteiger partial charge in [-0.1, -0.05) is 12.8 Å². The highest BCUT2D eigenvalue weighted by Gasteiger charge is 2.35. The van der Waals surface area contributed by atoms with Crippen LogP contribution in [0.15, 0.2) is 12.4 Å². The number of amides is 1. The first-order valence-electron chi connectivity index (χ1n) is 7.17. The van der Waals surface area contributed by atoms with Crippen LogP contribution in [0.4, 0.5) is 5.69 Å². The lowest BCUT2D eigenvalue weighted by atomic mass is 9.78. The summed E-state index contributed by atoms with van der Waals surface area (Å²) < 4.78 is 6.63. The summed E-state index contributed by atoms with van der Waals surface area (Å²) in [6, 6.07) is 0. The number of nitrogens with one attached hydrogen (secondary N) is 1. The molecule has 0 radical (unpaired) electrons. The van der Waals surface area contributed by atoms with E-state index in [2.05, 4.69) is 10.4 Å². The van der Waals surface area contributed by atoms with Crippen LogP contribution in [0, 0.1) is 11.8 Å². The third kappa shape index (κ3) is 4.04. The summed E-state index contributed by atoms with van der Waals surface area (Å²) in [6.45, 7) is 1.15. The van der Waals surface area contributed by atoms with Gasteiger partial charge < -0.3 is 15.2 Å². The van der Waals surface area contributed by atoms with Gasteiger partial charge in [0.05, 0.1) is 36.9 Å². The van der Waals surface area contributed by atoms with E-state index in [1.54, 1.807) is 24.2 Å². The summed E-state index contributed by atoms with van der Waals surface area (Å²) in [4.78, 5) is 23.5. The van der Waals surface area contributed by atoms with Crippen LogP contribution in [0.1, 0.15) is 25.7 Å². The van der Waals surface area contributed by atoms with Crippen molar-refractivity contribution in [3.63, 3.8) is 0 Å². The number of ether oxygens (including phenoxy) is 1. The molecule has 0 bridgehead atoms. The second-order valence-corrected chi connectivity index (χ2v) is 5.31. The fraction of sp³-hybridized carbons (Fsp3) is 0.643. The molecule has 0 aliphatic heterocycles. The van der Waals surface area contributed by atoms with Gasteiger partial charge in [-0.25, -0.2) is 0 Å². The highest BCUT2D eigenvalue weighted by atomic mass is 16.5. The third-order valence-corrected chi connectivity index (χ3v) is 3.85. The summed E-state index contributed by atoms with van der Waals surface area (Å²) in [7, 11) is 1.61. The Hall–Kier alpha value is -1.89. The van der Waals surface area contributed by atoms with Gasteiger partial charge in [-0.05, 0) is 12.8 Å². The van der Waals surface area contributed by atoms with Gasteiger partial charge in [-0.15, -0.1) is 0 Å². The number of carbonyl (C=O) groups excluding carboxylic acids is 1. The van der Waals surface area contributed by atoms with Gasteiger partial charge in [-0.3, -0.25) is 14.3 Å². The number of aliphatic carboxylic acids is 1. The number of nitrogens with zero attached hydrogens (tertiary/aromatic N) is 2. The molecule has 116 valence electrons. The van der Waals surface area contributed by atoms with Crippen molar-refractivity contribution in [1.82, 2.24) is 9.78 Å². The maximum absolute atomic E-state index is 12.3. The van der Waals surface area contributed by atoms with Gasteiger partial charge >= 0.3 is 5.97 Å². The zero-order chi connectivity index (χ0) is 15.2. The Morgan fingerprint density at radius 3 is 2.81 bits per heavy atom. The fourth-order valence-corrected chi connectivity index (χ4v) is 2.71. The predicted octanol–water partition coefficient (Wildman–Crippen LogP) is 1.36. The fourth-order valence-electron chi connectivity index (χ4n) is 2.71. The number of anilines is 1. The molecule has 21 heavy (non-hydrogen) atoms. The largest absolute Gasteiger partial charge is 0.481 e. The molecule has 1 aromatic heterocycles. The van der Waals surface area contributed by atoms with Crippen molar-refractivity contribution in [3.8, 4) is 0 Å². The van der Waals surface area contributed by atoms with Crippen molar-refractivity contribution in [2.45, 2.75) is 32.2 Å². The first-order chi connectivity index (χ1) is 10.1. The van der Waals surface area contributed by atoms with Crippen molar-refractivity contribution < 1.29 is 19.4 Å². The van der Waals surface area contributed by atoms with Crippen LogP contribution in [0.25, 0.3) is 0 Å². The normalized spacial score (nSPS) is 22.0. The van der Waals surface area contributed by atoms with Gasteiger partial charge in [0, 0.05) is 13.3 Å². The molecule has 1 fully saturated rings. The standard InChI is InChI=1S/C14H21N3O4/c1-21-7-6-17-9-10(8-15-17)16-13(18)11-4-2-3-5-12(11)14(19)20/h8-9,11-12H,2-7H2,1H3,(H,16,18)(H,19,20). The smallest absolute Gasteiger partial charge is 0.307 e. The number of methoxy groups -OCH3 is 1. The van der Waals surface area contributed by atoms with Crippen LogP contribution in [0.5, 0.6) is 0 Å². The molecule has 0 spiro atoms. The number of carbonyl (C=O) groups is 2. The average molecular weight is 295 g/mol. The summed E-state index contributed by atoms with van der Waals surface area (Å²) in [5.41, 5.74) is 0.589. The highest BCUT2D eigenvalue weighted by molar-refractivity contribution is 5.95. The first-order valence-corrected chi connectivity index (χ1v) is 7.17. The monoisotopic (exact) mass is 295 g/mol. The number of hydrogen-bond acceptors (Lipinski definition) is 4. The molecule has 2 rings (SSSR count). The zero-order valence-corrected chi connectivity index (χ0v) is 12.1. The van der Waals surface area contributed by atoms with Crippen molar-refractivity contribution in [2.75, 3.05) is 19.0 Å². The van der Waals surface area contributed by atoms with Crippen LogP contribution < -0.4 is 5.32 Å². The van der Waals surface area contributed by atoms with E-state index in [1.165, 1.54) is 0 Å². The van der Waals surface area contributed by atoms with E-state index in [-0.39, 0.29) is 5.91 Å². The van der Waals surface area contributed by atoms with Gasteiger partial charge in [0.25, 0.3) is 0 Å². The number of carboxylic acids is 1. The molecule has 1 amide bonds. The Morgan fingerprint density at radius 1 is 1.43 bits per heavy atom.